The first-order chi connectivity index (χ1) is 22.9. The smallest absolute Gasteiger partial charge is 0.162 e. The van der Waals surface area contributed by atoms with Crippen LogP contribution in [0.1, 0.15) is 98.4 Å². The molecule has 1 N–H and O–H groups in total. The molecular weight excluding hydrogens is 801 g/mol. The second kappa shape index (κ2) is 18.2. The largest absolute Gasteiger partial charge is 0.512 e. The summed E-state index contributed by atoms with van der Waals surface area (Å²) >= 11 is 1.89. The maximum Gasteiger partial charge on any atom is 0.162 e. The van der Waals surface area contributed by atoms with Gasteiger partial charge >= 0.3 is 0 Å². The molecular formula is C43H53IrN2O2S-. The van der Waals surface area contributed by atoms with Gasteiger partial charge < -0.3 is 5.11 Å². The average Bonchev–Trinajstić information content (AvgIpc) is 3.47. The summed E-state index contributed by atoms with van der Waals surface area (Å²) in [4.78, 5) is 22.5. The molecule has 3 aromatic carbocycles. The van der Waals surface area contributed by atoms with Crippen LogP contribution in [0.4, 0.5) is 0 Å². The number of carbonyl (C=O) groups is 1. The topological polar surface area (TPSA) is 63.1 Å². The Labute approximate surface area is 311 Å². The van der Waals surface area contributed by atoms with Gasteiger partial charge in [-0.25, -0.2) is 4.98 Å². The Morgan fingerprint density at radius 2 is 1.53 bits per heavy atom. The molecule has 0 atom stereocenters. The van der Waals surface area contributed by atoms with Crippen molar-refractivity contribution in [3.63, 3.8) is 0 Å². The molecule has 0 unspecified atom stereocenters. The molecule has 0 saturated heterocycles. The summed E-state index contributed by atoms with van der Waals surface area (Å²) in [5, 5.41) is 13.4. The van der Waals surface area contributed by atoms with E-state index >= 15 is 0 Å². The minimum atomic E-state index is 0. The van der Waals surface area contributed by atoms with E-state index < -0.39 is 0 Å². The number of allylic oxidation sites excluding steroid dienone is 2. The van der Waals surface area contributed by atoms with Gasteiger partial charge in [-0.3, -0.25) is 9.78 Å². The maximum absolute atomic E-state index is 11.7. The quantitative estimate of drug-likeness (QED) is 0.0817. The first kappa shape index (κ1) is 40.3. The Morgan fingerprint density at radius 1 is 0.878 bits per heavy atom. The Bertz CT molecular complexity index is 1860. The summed E-state index contributed by atoms with van der Waals surface area (Å²) in [5.41, 5.74) is 5.39. The average molecular weight is 854 g/mol. The fraction of sp³-hybridized carbons (Fsp3) is 0.419. The van der Waals surface area contributed by atoms with Crippen LogP contribution in [0.25, 0.3) is 43.4 Å². The molecule has 2 aromatic heterocycles. The standard InChI is InChI=1S/C30H29N2S.C13H24O2.Ir/c1-19(2)13-23-15-21-10-8-12-25(29(21)33-23)28-17-27(31-18-32-28)22-14-20-9-6-7-11-24(20)26(16-22)30(3,4)5;1-5-10(6-2)12(14)9-13(15)11(7-3)8-4;/h6-12,15-19H,13H2,1-5H3;9-11,14H,5-8H2,1-4H3;/q-1;;/b;12-9-;. The zero-order chi connectivity index (χ0) is 35.0. The second-order valence-corrected chi connectivity index (χ2v) is 15.4. The number of rotatable bonds is 11. The van der Waals surface area contributed by atoms with E-state index in [0.29, 0.717) is 5.92 Å². The maximum atomic E-state index is 11.7. The van der Waals surface area contributed by atoms with Gasteiger partial charge in [0.15, 0.2) is 5.78 Å². The molecule has 0 aliphatic rings. The zero-order valence-corrected chi connectivity index (χ0v) is 33.9. The van der Waals surface area contributed by atoms with Crippen LogP contribution in [0, 0.1) is 23.8 Å². The van der Waals surface area contributed by atoms with Crippen molar-refractivity contribution in [3.05, 3.63) is 95.3 Å². The third-order valence-electron chi connectivity index (χ3n) is 9.09. The minimum Gasteiger partial charge on any atom is -0.512 e. The number of aliphatic hydroxyl groups excluding tert-OH is 1. The van der Waals surface area contributed by atoms with Crippen LogP contribution in [-0.4, -0.2) is 20.9 Å². The Balaban J connectivity index is 0.000000347. The van der Waals surface area contributed by atoms with E-state index in [2.05, 4.69) is 111 Å². The van der Waals surface area contributed by atoms with Crippen LogP contribution in [0.3, 0.4) is 0 Å². The first-order valence-corrected chi connectivity index (χ1v) is 18.5. The van der Waals surface area contributed by atoms with Crippen LogP contribution in [0.15, 0.2) is 78.8 Å². The predicted octanol–water partition coefficient (Wildman–Crippen LogP) is 12.3. The van der Waals surface area contributed by atoms with Crippen molar-refractivity contribution < 1.29 is 30.0 Å². The first-order valence-electron chi connectivity index (χ1n) is 17.6. The van der Waals surface area contributed by atoms with Gasteiger partial charge in [0.1, 0.15) is 6.33 Å². The van der Waals surface area contributed by atoms with E-state index in [-0.39, 0.29) is 48.9 Å². The zero-order valence-electron chi connectivity index (χ0n) is 30.7. The van der Waals surface area contributed by atoms with Crippen molar-refractivity contribution in [2.45, 2.75) is 99.8 Å². The number of fused-ring (bicyclic) bond motifs is 2. The van der Waals surface area contributed by atoms with Gasteiger partial charge in [-0.15, -0.1) is 40.5 Å². The number of nitrogens with zero attached hydrogens (tertiary/aromatic N) is 2. The monoisotopic (exact) mass is 854 g/mol. The molecule has 0 bridgehead atoms. The summed E-state index contributed by atoms with van der Waals surface area (Å²) in [5.74, 6) is 1.19. The van der Waals surface area contributed by atoms with E-state index in [1.165, 1.54) is 37.6 Å². The summed E-state index contributed by atoms with van der Waals surface area (Å²) < 4.78 is 1.30. The molecule has 0 saturated carbocycles. The number of hydrogen-bond donors (Lipinski definition) is 1. The molecule has 49 heavy (non-hydrogen) atoms. The van der Waals surface area contributed by atoms with Crippen LogP contribution < -0.4 is 0 Å². The molecule has 1 radical (unpaired) electrons. The van der Waals surface area contributed by atoms with Gasteiger partial charge in [0.2, 0.25) is 0 Å². The van der Waals surface area contributed by atoms with Gasteiger partial charge in [-0.1, -0.05) is 110 Å². The van der Waals surface area contributed by atoms with Gasteiger partial charge in [0.25, 0.3) is 0 Å². The SMILES string of the molecule is CC(C)Cc1cc2cccc(-c3cc(-c4[c-]c5ccccc5c(C(C)(C)C)c4)ncn3)c2s1.CCC(CC)C(=O)/C=C(\O)C(CC)CC.[Ir]. The van der Waals surface area contributed by atoms with Gasteiger partial charge in [0.05, 0.1) is 11.5 Å². The Morgan fingerprint density at radius 3 is 2.16 bits per heavy atom. The minimum absolute atomic E-state index is 0. The number of benzene rings is 3. The molecule has 6 heteroatoms. The number of hydrogen-bond acceptors (Lipinski definition) is 5. The predicted molar refractivity (Wildman–Crippen MR) is 206 cm³/mol. The normalized spacial score (nSPS) is 12.0. The number of aliphatic hydroxyl groups is 1. The van der Waals surface area contributed by atoms with E-state index in [4.69, 9.17) is 0 Å². The molecule has 5 aromatic rings. The van der Waals surface area contributed by atoms with E-state index in [0.717, 1.165) is 54.4 Å². The van der Waals surface area contributed by atoms with Gasteiger partial charge in [-0.2, -0.15) is 0 Å². The van der Waals surface area contributed by atoms with E-state index in [9.17, 15) is 9.90 Å². The molecule has 0 fully saturated rings. The number of carbonyl (C=O) groups excluding carboxylic acids is 1. The summed E-state index contributed by atoms with van der Waals surface area (Å²) in [6.45, 7) is 19.4. The Hall–Kier alpha value is -3.18. The Kier molecular flexibility index (Phi) is 14.9. The van der Waals surface area contributed by atoms with E-state index in [1.54, 1.807) is 6.33 Å². The fourth-order valence-corrected chi connectivity index (χ4v) is 7.63. The van der Waals surface area contributed by atoms with Crippen LogP contribution >= 0.6 is 11.3 Å². The molecule has 263 valence electrons. The number of aromatic nitrogens is 2. The third kappa shape index (κ3) is 10.2. The van der Waals surface area contributed by atoms with Gasteiger partial charge in [0, 0.05) is 58.9 Å². The van der Waals surface area contributed by atoms with Crippen molar-refractivity contribution in [2.75, 3.05) is 0 Å². The second-order valence-electron chi connectivity index (χ2n) is 14.2. The molecule has 5 rings (SSSR count). The molecule has 0 spiro atoms. The van der Waals surface area contributed by atoms with Gasteiger partial charge in [-0.05, 0) is 61.0 Å². The summed E-state index contributed by atoms with van der Waals surface area (Å²) in [7, 11) is 0. The van der Waals surface area contributed by atoms with Crippen molar-refractivity contribution in [1.29, 1.82) is 0 Å². The third-order valence-corrected chi connectivity index (χ3v) is 10.3. The fourth-order valence-electron chi connectivity index (χ4n) is 6.24. The summed E-state index contributed by atoms with van der Waals surface area (Å²) in [6.07, 6.45) is 7.70. The van der Waals surface area contributed by atoms with Crippen molar-refractivity contribution in [2.24, 2.45) is 17.8 Å². The molecule has 4 nitrogen and oxygen atoms in total. The van der Waals surface area contributed by atoms with Crippen molar-refractivity contribution in [1.82, 2.24) is 9.97 Å². The van der Waals surface area contributed by atoms with Crippen LogP contribution in [0.2, 0.25) is 0 Å². The number of ketones is 1. The molecule has 0 aliphatic heterocycles. The molecule has 2 heterocycles. The van der Waals surface area contributed by atoms with Crippen molar-refractivity contribution in [3.8, 4) is 22.5 Å². The van der Waals surface area contributed by atoms with Crippen LogP contribution in [0.5, 0.6) is 0 Å². The van der Waals surface area contributed by atoms with Crippen molar-refractivity contribution >= 4 is 38.0 Å². The number of thiophene rings is 1. The van der Waals surface area contributed by atoms with Crippen LogP contribution in [-0.2, 0) is 36.7 Å². The summed E-state index contributed by atoms with van der Waals surface area (Å²) in [6, 6.07) is 25.3. The molecule has 0 amide bonds. The van der Waals surface area contributed by atoms with E-state index in [1.807, 2.05) is 39.0 Å². The molecule has 0 aliphatic carbocycles.